The number of anilines is 1. The van der Waals surface area contributed by atoms with Crippen LogP contribution in [0, 0.1) is 0 Å². The summed E-state index contributed by atoms with van der Waals surface area (Å²) in [5.74, 6) is 0.882. The maximum atomic E-state index is 5.76. The van der Waals surface area contributed by atoms with Gasteiger partial charge in [0.1, 0.15) is 12.4 Å². The zero-order valence-corrected chi connectivity index (χ0v) is 22.4. The van der Waals surface area contributed by atoms with E-state index in [1.54, 1.807) is 18.0 Å². The van der Waals surface area contributed by atoms with Crippen molar-refractivity contribution in [2.75, 3.05) is 38.2 Å². The van der Waals surface area contributed by atoms with Crippen molar-refractivity contribution in [3.8, 4) is 6.01 Å². The molecule has 0 aliphatic rings. The molecule has 0 fully saturated rings. The number of hydrazone groups is 1. The highest BCUT2D eigenvalue weighted by molar-refractivity contribution is 8.03. The normalized spacial score (nSPS) is 12.3. The molecule has 0 aromatic carbocycles. The quantitative estimate of drug-likeness (QED) is 0.191. The Morgan fingerprint density at radius 1 is 1.19 bits per heavy atom. The number of aromatic nitrogens is 2. The summed E-state index contributed by atoms with van der Waals surface area (Å²) in [5, 5.41) is 9.12. The molecule has 0 bridgehead atoms. The highest BCUT2D eigenvalue weighted by Crippen LogP contribution is 2.22. The number of hydrogen-bond donors (Lipinski definition) is 2. The van der Waals surface area contributed by atoms with Gasteiger partial charge in [-0.3, -0.25) is 5.43 Å². The maximum absolute atomic E-state index is 5.76. The molecule has 0 saturated carbocycles. The molecule has 1 aromatic rings. The van der Waals surface area contributed by atoms with Gasteiger partial charge in [-0.15, -0.1) is 11.8 Å². The summed E-state index contributed by atoms with van der Waals surface area (Å²) in [7, 11) is 1.90. The van der Waals surface area contributed by atoms with Gasteiger partial charge in [-0.1, -0.05) is 54.5 Å². The molecule has 32 heavy (non-hydrogen) atoms. The number of hydrogen-bond acceptors (Lipinski definition) is 8. The first-order chi connectivity index (χ1) is 15.6. The lowest BCUT2D eigenvalue weighted by molar-refractivity contribution is 0.293. The van der Waals surface area contributed by atoms with Crippen molar-refractivity contribution < 1.29 is 4.74 Å². The van der Waals surface area contributed by atoms with Crippen LogP contribution in [-0.2, 0) is 0 Å². The van der Waals surface area contributed by atoms with Gasteiger partial charge in [-0.25, -0.2) is 0 Å². The molecule has 0 amide bonds. The van der Waals surface area contributed by atoms with Gasteiger partial charge in [0.05, 0.1) is 16.9 Å². The van der Waals surface area contributed by atoms with Gasteiger partial charge >= 0.3 is 6.01 Å². The van der Waals surface area contributed by atoms with E-state index in [1.807, 2.05) is 27.0 Å². The second-order valence-corrected chi connectivity index (χ2v) is 8.54. The molecule has 1 rings (SSSR count). The molecule has 8 heteroatoms. The second-order valence-electron chi connectivity index (χ2n) is 7.06. The van der Waals surface area contributed by atoms with Crippen molar-refractivity contribution in [3.05, 3.63) is 22.9 Å². The molecule has 2 N–H and O–H groups in total. The Balaban J connectivity index is 0.00000466. The minimum Gasteiger partial charge on any atom is -0.462 e. The standard InChI is InChI=1S/C22H40N6OS.C2H6/c1-7-11-21(30-18(5)10-4)27-24-17-19-16-20(28(13-8-2)14-9-3)26-22(25-19)29-15-12-23-6;1-2/h11,16-18,23,27H,7-10,12-15H2,1-6H3;1-2H3/b21-11-,24-17+;. The van der Waals surface area contributed by atoms with Gasteiger partial charge in [0.2, 0.25) is 0 Å². The van der Waals surface area contributed by atoms with E-state index in [4.69, 9.17) is 4.74 Å². The third kappa shape index (κ3) is 12.9. The zero-order valence-electron chi connectivity index (χ0n) is 21.6. The van der Waals surface area contributed by atoms with Crippen LogP contribution in [0.4, 0.5) is 5.82 Å². The second kappa shape index (κ2) is 19.9. The number of likely N-dealkylation sites (N-methyl/N-ethyl adjacent to an activating group) is 1. The van der Waals surface area contributed by atoms with Gasteiger partial charge in [-0.2, -0.15) is 15.1 Å². The van der Waals surface area contributed by atoms with Crippen LogP contribution >= 0.6 is 11.8 Å². The highest BCUT2D eigenvalue weighted by atomic mass is 32.2. The van der Waals surface area contributed by atoms with Gasteiger partial charge < -0.3 is 15.0 Å². The molecule has 0 saturated heterocycles. The summed E-state index contributed by atoms with van der Waals surface area (Å²) in [5.41, 5.74) is 3.90. The van der Waals surface area contributed by atoms with Crippen molar-refractivity contribution in [2.45, 2.75) is 79.4 Å². The molecular weight excluding hydrogens is 420 g/mol. The lowest BCUT2D eigenvalue weighted by Gasteiger charge is -2.23. The first-order valence-electron chi connectivity index (χ1n) is 12.1. The van der Waals surface area contributed by atoms with Crippen LogP contribution in [0.1, 0.15) is 79.8 Å². The molecule has 184 valence electrons. The monoisotopic (exact) mass is 466 g/mol. The van der Waals surface area contributed by atoms with Crippen LogP contribution in [-0.4, -0.2) is 54.7 Å². The highest BCUT2D eigenvalue weighted by Gasteiger charge is 2.11. The molecule has 0 radical (unpaired) electrons. The van der Waals surface area contributed by atoms with Crippen LogP contribution in [0.2, 0.25) is 0 Å². The van der Waals surface area contributed by atoms with Crippen LogP contribution in [0.15, 0.2) is 22.3 Å². The van der Waals surface area contributed by atoms with Gasteiger partial charge in [0.15, 0.2) is 0 Å². The number of nitrogens with one attached hydrogen (secondary N) is 2. The Hall–Kier alpha value is -1.80. The molecule has 1 atom stereocenters. The largest absolute Gasteiger partial charge is 0.462 e. The van der Waals surface area contributed by atoms with E-state index < -0.39 is 0 Å². The predicted octanol–water partition coefficient (Wildman–Crippen LogP) is 5.43. The maximum Gasteiger partial charge on any atom is 0.319 e. The Morgan fingerprint density at radius 3 is 2.44 bits per heavy atom. The SMILES string of the molecule is CC.CC/C=C(/N/N=C/c1cc(N(CCC)CCC)nc(OCCNC)n1)SC(C)CC. The van der Waals surface area contributed by atoms with E-state index in [9.17, 15) is 0 Å². The molecule has 0 aliphatic carbocycles. The average Bonchev–Trinajstić information content (AvgIpc) is 2.80. The van der Waals surface area contributed by atoms with E-state index in [0.29, 0.717) is 17.9 Å². The Labute approximate surface area is 200 Å². The summed E-state index contributed by atoms with van der Waals surface area (Å²) >= 11 is 1.81. The number of rotatable bonds is 16. The third-order valence-electron chi connectivity index (χ3n) is 4.27. The van der Waals surface area contributed by atoms with Crippen molar-refractivity contribution >= 4 is 23.8 Å². The molecule has 1 unspecified atom stereocenters. The van der Waals surface area contributed by atoms with Crippen LogP contribution in [0.3, 0.4) is 0 Å². The van der Waals surface area contributed by atoms with Crippen LogP contribution in [0.25, 0.3) is 0 Å². The molecule has 1 heterocycles. The summed E-state index contributed by atoms with van der Waals surface area (Å²) in [6.45, 7) is 18.1. The summed E-state index contributed by atoms with van der Waals surface area (Å²) in [4.78, 5) is 11.4. The van der Waals surface area contributed by atoms with Crippen LogP contribution in [0.5, 0.6) is 6.01 Å². The van der Waals surface area contributed by atoms with Crippen molar-refractivity contribution in [1.82, 2.24) is 20.7 Å². The van der Waals surface area contributed by atoms with Gasteiger partial charge in [0.25, 0.3) is 0 Å². The Bertz CT molecular complexity index is 647. The fraction of sp³-hybridized carbons (Fsp3) is 0.708. The summed E-state index contributed by atoms with van der Waals surface area (Å²) in [6.07, 6.45) is 8.10. The molecule has 0 spiro atoms. The lowest BCUT2D eigenvalue weighted by atomic mass is 10.3. The van der Waals surface area contributed by atoms with Crippen molar-refractivity contribution in [2.24, 2.45) is 5.10 Å². The number of allylic oxidation sites excluding steroid dienone is 1. The Kier molecular flexibility index (Phi) is 18.7. The fourth-order valence-electron chi connectivity index (χ4n) is 2.62. The predicted molar refractivity (Wildman–Crippen MR) is 142 cm³/mol. The topological polar surface area (TPSA) is 74.7 Å². The Morgan fingerprint density at radius 2 is 1.88 bits per heavy atom. The average molecular weight is 467 g/mol. The minimum atomic E-state index is 0.389. The lowest BCUT2D eigenvalue weighted by Crippen LogP contribution is -2.26. The smallest absolute Gasteiger partial charge is 0.319 e. The fourth-order valence-corrected chi connectivity index (χ4v) is 3.58. The van der Waals surface area contributed by atoms with Gasteiger partial charge in [0, 0.05) is 31.0 Å². The molecule has 0 aliphatic heterocycles. The van der Waals surface area contributed by atoms with Crippen LogP contribution < -0.4 is 20.4 Å². The molecule has 7 nitrogen and oxygen atoms in total. The van der Waals surface area contributed by atoms with E-state index >= 15 is 0 Å². The first kappa shape index (κ1) is 30.2. The van der Waals surface area contributed by atoms with Crippen molar-refractivity contribution in [3.63, 3.8) is 0 Å². The van der Waals surface area contributed by atoms with E-state index in [2.05, 4.69) is 71.4 Å². The number of thioether (sulfide) groups is 1. The summed E-state index contributed by atoms with van der Waals surface area (Å²) in [6, 6.07) is 2.37. The van der Waals surface area contributed by atoms with E-state index in [-0.39, 0.29) is 0 Å². The van der Waals surface area contributed by atoms with E-state index in [1.165, 1.54) is 0 Å². The third-order valence-corrected chi connectivity index (χ3v) is 5.52. The first-order valence-corrected chi connectivity index (χ1v) is 13.0. The minimum absolute atomic E-state index is 0.389. The molecule has 1 aromatic heterocycles. The number of nitrogens with zero attached hydrogens (tertiary/aromatic N) is 4. The zero-order chi connectivity index (χ0) is 24.2. The van der Waals surface area contributed by atoms with Crippen molar-refractivity contribution in [1.29, 1.82) is 0 Å². The number of ether oxygens (including phenoxy) is 1. The molecular formula is C24H46N6OS. The van der Waals surface area contributed by atoms with Gasteiger partial charge in [-0.05, 0) is 32.7 Å². The van der Waals surface area contributed by atoms with E-state index in [0.717, 1.165) is 61.9 Å². The summed E-state index contributed by atoms with van der Waals surface area (Å²) < 4.78 is 5.76.